The zero-order chi connectivity index (χ0) is 33.4. The number of fused-ring (bicyclic) bond motifs is 6. The summed E-state index contributed by atoms with van der Waals surface area (Å²) in [4.78, 5) is 6.86. The van der Waals surface area contributed by atoms with Crippen LogP contribution in [-0.4, -0.2) is 29.2 Å². The second-order valence-electron chi connectivity index (χ2n) is 13.2. The molecule has 2 N–H and O–H groups in total. The number of nitrogens with zero attached hydrogens (tertiary/aromatic N) is 4. The SMILES string of the molecule is CC(C)=CCn1c2ccccc2c2c(O)c(CN(Cc3ccccn3)Cc3ccc4c(c3O)c3ccccc3n4CC=C(C)C)ccc21. The largest absolute Gasteiger partial charge is 0.507 e. The molecule has 6 nitrogen and oxygen atoms in total. The van der Waals surface area contributed by atoms with Crippen LogP contribution in [0.25, 0.3) is 43.6 Å². The molecule has 0 aliphatic heterocycles. The molecule has 6 heteroatoms. The van der Waals surface area contributed by atoms with E-state index in [0.29, 0.717) is 31.1 Å². The fourth-order valence-corrected chi connectivity index (χ4v) is 6.90. The Labute approximate surface area is 281 Å². The number of phenols is 2. The number of allylic oxidation sites excluding steroid dienone is 4. The first kappa shape index (κ1) is 31.3. The van der Waals surface area contributed by atoms with Gasteiger partial charge in [0.15, 0.2) is 0 Å². The van der Waals surface area contributed by atoms with Crippen molar-refractivity contribution in [2.24, 2.45) is 0 Å². The van der Waals surface area contributed by atoms with Crippen molar-refractivity contribution in [1.29, 1.82) is 0 Å². The third-order valence-corrected chi connectivity index (χ3v) is 9.25. The Morgan fingerprint density at radius 2 is 1.06 bits per heavy atom. The summed E-state index contributed by atoms with van der Waals surface area (Å²) in [5, 5.41) is 27.6. The lowest BCUT2D eigenvalue weighted by atomic mass is 10.0. The van der Waals surface area contributed by atoms with Gasteiger partial charge < -0.3 is 19.3 Å². The van der Waals surface area contributed by atoms with Crippen LogP contribution >= 0.6 is 0 Å². The molecule has 7 aromatic rings. The highest BCUT2D eigenvalue weighted by Gasteiger charge is 2.21. The highest BCUT2D eigenvalue weighted by Crippen LogP contribution is 2.40. The lowest BCUT2D eigenvalue weighted by Gasteiger charge is -2.24. The molecule has 0 saturated carbocycles. The monoisotopic (exact) mass is 634 g/mol. The Morgan fingerprint density at radius 3 is 1.52 bits per heavy atom. The first-order valence-corrected chi connectivity index (χ1v) is 16.6. The predicted molar refractivity (Wildman–Crippen MR) is 198 cm³/mol. The van der Waals surface area contributed by atoms with Crippen molar-refractivity contribution in [1.82, 2.24) is 19.0 Å². The summed E-state index contributed by atoms with van der Waals surface area (Å²) < 4.78 is 4.54. The van der Waals surface area contributed by atoms with Crippen LogP contribution in [0.15, 0.2) is 120 Å². The van der Waals surface area contributed by atoms with E-state index in [4.69, 9.17) is 0 Å². The molecule has 242 valence electrons. The highest BCUT2D eigenvalue weighted by molar-refractivity contribution is 6.12. The topological polar surface area (TPSA) is 66.4 Å². The summed E-state index contributed by atoms with van der Waals surface area (Å²) in [6, 6.07) is 30.9. The van der Waals surface area contributed by atoms with E-state index in [1.807, 2.05) is 48.7 Å². The molecule has 0 bridgehead atoms. The third-order valence-electron chi connectivity index (χ3n) is 9.25. The minimum Gasteiger partial charge on any atom is -0.507 e. The van der Waals surface area contributed by atoms with Crippen LogP contribution in [0.2, 0.25) is 0 Å². The molecule has 0 aliphatic rings. The number of aromatic hydroxyl groups is 2. The van der Waals surface area contributed by atoms with Gasteiger partial charge in [0.1, 0.15) is 11.5 Å². The van der Waals surface area contributed by atoms with Crippen molar-refractivity contribution in [3.05, 3.63) is 137 Å². The maximum atomic E-state index is 11.9. The Kier molecular flexibility index (Phi) is 8.50. The zero-order valence-corrected chi connectivity index (χ0v) is 28.1. The van der Waals surface area contributed by atoms with Gasteiger partial charge in [-0.3, -0.25) is 9.88 Å². The van der Waals surface area contributed by atoms with E-state index in [9.17, 15) is 10.2 Å². The van der Waals surface area contributed by atoms with Gasteiger partial charge in [-0.15, -0.1) is 0 Å². The highest BCUT2D eigenvalue weighted by atomic mass is 16.3. The second-order valence-corrected chi connectivity index (χ2v) is 13.2. The van der Waals surface area contributed by atoms with Gasteiger partial charge in [-0.2, -0.15) is 0 Å². The van der Waals surface area contributed by atoms with E-state index in [0.717, 1.165) is 73.5 Å². The summed E-state index contributed by atoms with van der Waals surface area (Å²) in [6.45, 7) is 11.4. The third kappa shape index (κ3) is 5.84. The van der Waals surface area contributed by atoms with Gasteiger partial charge in [-0.05, 0) is 64.1 Å². The summed E-state index contributed by atoms with van der Waals surface area (Å²) in [6.07, 6.45) is 6.24. The Balaban J connectivity index is 1.30. The first-order chi connectivity index (χ1) is 23.3. The van der Waals surface area contributed by atoms with Gasteiger partial charge in [-0.1, -0.05) is 77.9 Å². The summed E-state index contributed by atoms with van der Waals surface area (Å²) in [5.41, 5.74) is 9.34. The zero-order valence-electron chi connectivity index (χ0n) is 28.1. The number of rotatable bonds is 10. The van der Waals surface area contributed by atoms with Gasteiger partial charge in [0, 0.05) is 82.6 Å². The van der Waals surface area contributed by atoms with Crippen LogP contribution in [0.4, 0.5) is 0 Å². The number of phenolic OH excluding ortho intramolecular Hbond substituents is 2. The van der Waals surface area contributed by atoms with Gasteiger partial charge >= 0.3 is 0 Å². The number of aromatic nitrogens is 3. The fourth-order valence-electron chi connectivity index (χ4n) is 6.90. The maximum Gasteiger partial charge on any atom is 0.130 e. The number of pyridine rings is 1. The fraction of sp³-hybridized carbons (Fsp3) is 0.214. The minimum atomic E-state index is 0.299. The van der Waals surface area contributed by atoms with Crippen LogP contribution in [-0.2, 0) is 32.7 Å². The van der Waals surface area contributed by atoms with Crippen LogP contribution in [0.3, 0.4) is 0 Å². The van der Waals surface area contributed by atoms with Crippen LogP contribution in [0, 0.1) is 0 Å². The van der Waals surface area contributed by atoms with E-state index in [1.54, 1.807) is 0 Å². The number of para-hydroxylation sites is 2. The Bertz CT molecular complexity index is 2190. The average molecular weight is 635 g/mol. The van der Waals surface area contributed by atoms with Crippen molar-refractivity contribution in [3.63, 3.8) is 0 Å². The van der Waals surface area contributed by atoms with Crippen molar-refractivity contribution >= 4 is 43.6 Å². The van der Waals surface area contributed by atoms with Crippen molar-refractivity contribution in [3.8, 4) is 11.5 Å². The van der Waals surface area contributed by atoms with Crippen molar-refractivity contribution in [2.75, 3.05) is 0 Å². The quantitative estimate of drug-likeness (QED) is 0.147. The summed E-state index contributed by atoms with van der Waals surface area (Å²) >= 11 is 0. The van der Waals surface area contributed by atoms with Gasteiger partial charge in [-0.25, -0.2) is 0 Å². The van der Waals surface area contributed by atoms with Gasteiger partial charge in [0.2, 0.25) is 0 Å². The van der Waals surface area contributed by atoms with Gasteiger partial charge in [0.25, 0.3) is 0 Å². The molecule has 0 unspecified atom stereocenters. The molecule has 4 aromatic carbocycles. The molecule has 3 aromatic heterocycles. The van der Waals surface area contributed by atoms with E-state index in [-0.39, 0.29) is 0 Å². The summed E-state index contributed by atoms with van der Waals surface area (Å²) in [7, 11) is 0. The van der Waals surface area contributed by atoms with Crippen LogP contribution < -0.4 is 0 Å². The second kappa shape index (κ2) is 13.1. The van der Waals surface area contributed by atoms with Crippen LogP contribution in [0.5, 0.6) is 11.5 Å². The molecule has 0 spiro atoms. The summed E-state index contributed by atoms with van der Waals surface area (Å²) in [5.74, 6) is 0.598. The van der Waals surface area contributed by atoms with Gasteiger partial charge in [0.05, 0.1) is 16.7 Å². The Hall–Kier alpha value is -5.33. The normalized spacial score (nSPS) is 11.7. The molecule has 0 radical (unpaired) electrons. The van der Waals surface area contributed by atoms with Crippen LogP contribution in [0.1, 0.15) is 44.5 Å². The first-order valence-electron chi connectivity index (χ1n) is 16.6. The molecular formula is C42H42N4O2. The minimum absolute atomic E-state index is 0.299. The molecular weight excluding hydrogens is 592 g/mol. The smallest absolute Gasteiger partial charge is 0.130 e. The molecule has 0 aliphatic carbocycles. The standard InChI is InChI=1S/C42H42N4O2/c1-28(2)20-23-45-35-14-7-5-12-33(35)39-37(45)18-16-30(41(39)47)25-44(27-32-11-9-10-22-43-32)26-31-17-19-38-40(42(31)48)34-13-6-8-15-36(34)46(38)24-21-29(3)4/h5-22,47-48H,23-27H2,1-4H3. The lowest BCUT2D eigenvalue weighted by molar-refractivity contribution is 0.239. The molecule has 3 heterocycles. The molecule has 0 saturated heterocycles. The molecule has 0 atom stereocenters. The molecule has 0 fully saturated rings. The van der Waals surface area contributed by atoms with E-state index < -0.39 is 0 Å². The molecule has 7 rings (SSSR count). The Morgan fingerprint density at radius 1 is 0.583 bits per heavy atom. The van der Waals surface area contributed by atoms with E-state index in [2.05, 4.69) is 107 Å². The van der Waals surface area contributed by atoms with E-state index in [1.165, 1.54) is 11.1 Å². The molecule has 0 amide bonds. The average Bonchev–Trinajstić information content (AvgIpc) is 3.58. The predicted octanol–water partition coefficient (Wildman–Crippen LogP) is 9.84. The molecule has 48 heavy (non-hydrogen) atoms. The number of benzene rings is 4. The number of hydrogen-bond acceptors (Lipinski definition) is 4. The lowest BCUT2D eigenvalue weighted by Crippen LogP contribution is -2.23. The van der Waals surface area contributed by atoms with Crippen molar-refractivity contribution in [2.45, 2.75) is 60.4 Å². The van der Waals surface area contributed by atoms with E-state index >= 15 is 0 Å². The van der Waals surface area contributed by atoms with Crippen molar-refractivity contribution < 1.29 is 10.2 Å². The maximum absolute atomic E-state index is 11.9. The number of hydrogen-bond donors (Lipinski definition) is 2.